The average molecular weight is 274 g/mol. The monoisotopic (exact) mass is 274 g/mol. The Bertz CT molecular complexity index is 476. The van der Waals surface area contributed by atoms with Gasteiger partial charge in [-0.15, -0.1) is 0 Å². The van der Waals surface area contributed by atoms with E-state index >= 15 is 0 Å². The largest absolute Gasteiger partial charge is 0.494 e. The maximum atomic E-state index is 9.07. The summed E-state index contributed by atoms with van der Waals surface area (Å²) in [4.78, 5) is 0. The Hall–Kier alpha value is -1.53. The van der Waals surface area contributed by atoms with E-state index in [4.69, 9.17) is 10.00 Å². The fraction of sp³-hybridized carbons (Fsp3) is 0.588. The summed E-state index contributed by atoms with van der Waals surface area (Å²) in [5.41, 5.74) is 2.18. The van der Waals surface area contributed by atoms with Gasteiger partial charge in [0.25, 0.3) is 0 Å². The van der Waals surface area contributed by atoms with Crippen LogP contribution in [-0.2, 0) is 0 Å². The molecule has 0 aliphatic rings. The fourth-order valence-corrected chi connectivity index (χ4v) is 2.24. The lowest BCUT2D eigenvalue weighted by atomic mass is 9.98. The van der Waals surface area contributed by atoms with E-state index in [0.717, 1.165) is 18.6 Å². The van der Waals surface area contributed by atoms with Crippen LogP contribution in [0.4, 0.5) is 0 Å². The molecule has 0 bridgehead atoms. The van der Waals surface area contributed by atoms with Gasteiger partial charge in [-0.25, -0.2) is 0 Å². The summed E-state index contributed by atoms with van der Waals surface area (Å²) in [6, 6.07) is 8.56. The number of nitrogens with one attached hydrogen (secondary N) is 1. The molecule has 0 aliphatic heterocycles. The molecule has 1 rings (SSSR count). The van der Waals surface area contributed by atoms with Gasteiger partial charge < -0.3 is 10.1 Å². The van der Waals surface area contributed by atoms with Crippen molar-refractivity contribution >= 4 is 0 Å². The van der Waals surface area contributed by atoms with Gasteiger partial charge in [0.15, 0.2) is 0 Å². The molecule has 0 aromatic heterocycles. The Morgan fingerprint density at radius 1 is 1.40 bits per heavy atom. The second kappa shape index (κ2) is 7.31. The van der Waals surface area contributed by atoms with Crippen LogP contribution < -0.4 is 10.1 Å². The van der Waals surface area contributed by atoms with E-state index in [-0.39, 0.29) is 0 Å². The van der Waals surface area contributed by atoms with Crippen molar-refractivity contribution in [3.63, 3.8) is 0 Å². The number of rotatable bonds is 7. The average Bonchev–Trinajstić information content (AvgIpc) is 2.43. The molecule has 1 unspecified atom stereocenters. The third-order valence-corrected chi connectivity index (χ3v) is 3.75. The smallest absolute Gasteiger partial charge is 0.119 e. The summed E-state index contributed by atoms with van der Waals surface area (Å²) < 4.78 is 5.77. The van der Waals surface area contributed by atoms with E-state index in [2.05, 4.69) is 44.3 Å². The number of benzene rings is 1. The first kappa shape index (κ1) is 16.5. The summed E-state index contributed by atoms with van der Waals surface area (Å²) in [5.74, 6) is 1.45. The SMILES string of the molecule is CNC(C)(C#N)CCCOc1ccc(C(C)C)c(C)c1. The van der Waals surface area contributed by atoms with Crippen LogP contribution in [0.15, 0.2) is 18.2 Å². The minimum absolute atomic E-state index is 0.458. The molecular weight excluding hydrogens is 248 g/mol. The van der Waals surface area contributed by atoms with Gasteiger partial charge in [0.2, 0.25) is 0 Å². The van der Waals surface area contributed by atoms with Crippen molar-refractivity contribution in [3.05, 3.63) is 29.3 Å². The molecule has 1 aromatic carbocycles. The normalized spacial score (nSPS) is 13.8. The quantitative estimate of drug-likeness (QED) is 0.770. The van der Waals surface area contributed by atoms with Crippen molar-refractivity contribution in [2.75, 3.05) is 13.7 Å². The van der Waals surface area contributed by atoms with E-state index in [1.807, 2.05) is 20.0 Å². The number of hydrogen-bond acceptors (Lipinski definition) is 3. The lowest BCUT2D eigenvalue weighted by Gasteiger charge is -2.20. The molecule has 3 heteroatoms. The molecule has 3 nitrogen and oxygen atoms in total. The van der Waals surface area contributed by atoms with Crippen LogP contribution in [0.2, 0.25) is 0 Å². The second-order valence-electron chi connectivity index (χ2n) is 5.82. The number of hydrogen-bond donors (Lipinski definition) is 1. The molecule has 0 amide bonds. The van der Waals surface area contributed by atoms with Crippen molar-refractivity contribution in [1.82, 2.24) is 5.32 Å². The highest BCUT2D eigenvalue weighted by Gasteiger charge is 2.20. The van der Waals surface area contributed by atoms with Crippen molar-refractivity contribution in [1.29, 1.82) is 5.26 Å². The maximum Gasteiger partial charge on any atom is 0.119 e. The molecule has 20 heavy (non-hydrogen) atoms. The van der Waals surface area contributed by atoms with Crippen LogP contribution in [0, 0.1) is 18.3 Å². The van der Waals surface area contributed by atoms with Gasteiger partial charge in [-0.1, -0.05) is 19.9 Å². The molecule has 0 heterocycles. The highest BCUT2D eigenvalue weighted by molar-refractivity contribution is 5.36. The third kappa shape index (κ3) is 4.54. The molecule has 0 saturated carbocycles. The number of ether oxygens (including phenoxy) is 1. The zero-order valence-corrected chi connectivity index (χ0v) is 13.3. The lowest BCUT2D eigenvalue weighted by Crippen LogP contribution is -2.38. The Labute approximate surface area is 123 Å². The number of nitriles is 1. The zero-order valence-electron chi connectivity index (χ0n) is 13.3. The molecule has 110 valence electrons. The summed E-state index contributed by atoms with van der Waals surface area (Å²) in [7, 11) is 1.82. The molecule has 0 aliphatic carbocycles. The minimum Gasteiger partial charge on any atom is -0.494 e. The van der Waals surface area contributed by atoms with Crippen molar-refractivity contribution < 1.29 is 4.74 Å². The van der Waals surface area contributed by atoms with E-state index < -0.39 is 5.54 Å². The molecule has 0 saturated heterocycles. The van der Waals surface area contributed by atoms with Gasteiger partial charge in [0, 0.05) is 0 Å². The highest BCUT2D eigenvalue weighted by atomic mass is 16.5. The first-order valence-electron chi connectivity index (χ1n) is 7.25. The van der Waals surface area contributed by atoms with Gasteiger partial charge in [-0.2, -0.15) is 5.26 Å². The molecular formula is C17H26N2O. The van der Waals surface area contributed by atoms with E-state index in [0.29, 0.717) is 12.5 Å². The maximum absolute atomic E-state index is 9.07. The minimum atomic E-state index is -0.458. The van der Waals surface area contributed by atoms with E-state index in [9.17, 15) is 0 Å². The van der Waals surface area contributed by atoms with Gasteiger partial charge in [0.05, 0.1) is 12.7 Å². The zero-order chi connectivity index (χ0) is 15.2. The molecule has 0 spiro atoms. The Kier molecular flexibility index (Phi) is 6.04. The molecule has 1 aromatic rings. The summed E-state index contributed by atoms with van der Waals surface area (Å²) >= 11 is 0. The summed E-state index contributed by atoms with van der Waals surface area (Å²) in [6.45, 7) is 9.07. The van der Waals surface area contributed by atoms with Gasteiger partial charge in [-0.05, 0) is 62.9 Å². The Balaban J connectivity index is 2.48. The van der Waals surface area contributed by atoms with Crippen LogP contribution in [0.1, 0.15) is 50.7 Å². The highest BCUT2D eigenvalue weighted by Crippen LogP contribution is 2.23. The first-order chi connectivity index (χ1) is 9.41. The third-order valence-electron chi connectivity index (χ3n) is 3.75. The summed E-state index contributed by atoms with van der Waals surface area (Å²) in [5, 5.41) is 12.1. The predicted molar refractivity (Wildman–Crippen MR) is 83.1 cm³/mol. The fourth-order valence-electron chi connectivity index (χ4n) is 2.24. The Morgan fingerprint density at radius 2 is 2.10 bits per heavy atom. The van der Waals surface area contributed by atoms with E-state index in [1.165, 1.54) is 11.1 Å². The Morgan fingerprint density at radius 3 is 2.60 bits per heavy atom. The topological polar surface area (TPSA) is 45.0 Å². The van der Waals surface area contributed by atoms with Crippen LogP contribution >= 0.6 is 0 Å². The standard InChI is InChI=1S/C17H26N2O/c1-13(2)16-8-7-15(11-14(16)3)20-10-6-9-17(4,12-18)19-5/h7-8,11,13,19H,6,9-10H2,1-5H3. The first-order valence-corrected chi connectivity index (χ1v) is 7.25. The molecule has 0 radical (unpaired) electrons. The van der Waals surface area contributed by atoms with Crippen LogP contribution in [-0.4, -0.2) is 19.2 Å². The van der Waals surface area contributed by atoms with Crippen molar-refractivity contribution in [2.45, 2.75) is 52.0 Å². The summed E-state index contributed by atoms with van der Waals surface area (Å²) in [6.07, 6.45) is 1.64. The van der Waals surface area contributed by atoms with Crippen molar-refractivity contribution in [3.8, 4) is 11.8 Å². The molecule has 1 atom stereocenters. The second-order valence-corrected chi connectivity index (χ2v) is 5.82. The molecule has 1 N–H and O–H groups in total. The van der Waals surface area contributed by atoms with Gasteiger partial charge >= 0.3 is 0 Å². The number of aryl methyl sites for hydroxylation is 1. The molecule has 0 fully saturated rings. The van der Waals surface area contributed by atoms with E-state index in [1.54, 1.807) is 0 Å². The van der Waals surface area contributed by atoms with Crippen LogP contribution in [0.3, 0.4) is 0 Å². The lowest BCUT2D eigenvalue weighted by molar-refractivity contribution is 0.288. The van der Waals surface area contributed by atoms with Crippen LogP contribution in [0.25, 0.3) is 0 Å². The van der Waals surface area contributed by atoms with Gasteiger partial charge in [-0.3, -0.25) is 0 Å². The van der Waals surface area contributed by atoms with Crippen LogP contribution in [0.5, 0.6) is 5.75 Å². The van der Waals surface area contributed by atoms with Crippen molar-refractivity contribution in [2.24, 2.45) is 0 Å². The van der Waals surface area contributed by atoms with Gasteiger partial charge in [0.1, 0.15) is 11.3 Å². The number of nitrogens with zero attached hydrogens (tertiary/aromatic N) is 1. The predicted octanol–water partition coefficient (Wildman–Crippen LogP) is 3.78.